The lowest BCUT2D eigenvalue weighted by Crippen LogP contribution is -2.17. The number of hydrogen-bond donors (Lipinski definition) is 0. The van der Waals surface area contributed by atoms with Crippen LogP contribution >= 0.6 is 0 Å². The van der Waals surface area contributed by atoms with E-state index in [1.807, 2.05) is 19.6 Å². The number of alkyl halides is 3. The van der Waals surface area contributed by atoms with Crippen molar-refractivity contribution in [3.05, 3.63) is 29.6 Å². The van der Waals surface area contributed by atoms with Crippen molar-refractivity contribution in [3.63, 3.8) is 0 Å². The van der Waals surface area contributed by atoms with Crippen molar-refractivity contribution in [1.82, 2.24) is 0 Å². The minimum atomic E-state index is -4.79. The predicted octanol–water partition coefficient (Wildman–Crippen LogP) is 3.95. The van der Waals surface area contributed by atoms with Crippen molar-refractivity contribution in [2.45, 2.75) is 26.0 Å². The molecule has 0 atom stereocenters. The molecule has 0 N–H and O–H groups in total. The highest BCUT2D eigenvalue weighted by Crippen LogP contribution is 2.24. The monoisotopic (exact) mass is 276 g/mol. The third kappa shape index (κ3) is 5.23. The molecule has 1 rings (SSSR count). The molecular weight excluding hydrogens is 264 g/mol. The van der Waals surface area contributed by atoms with Crippen LogP contribution in [-0.4, -0.2) is 14.4 Å². The minimum Gasteiger partial charge on any atom is -0.406 e. The van der Waals surface area contributed by atoms with Crippen LogP contribution < -0.4 is 4.74 Å². The molecule has 0 radical (unpaired) electrons. The molecule has 0 aromatic heterocycles. The SMILES string of the molecule is C[Si](C)(C)C#Cc1cc(OC(F)(F)F)ccc1F. The van der Waals surface area contributed by atoms with Gasteiger partial charge in [0.1, 0.15) is 19.6 Å². The summed E-state index contributed by atoms with van der Waals surface area (Å²) in [4.78, 5) is 0. The van der Waals surface area contributed by atoms with Crippen LogP contribution in [0, 0.1) is 17.3 Å². The zero-order chi connectivity index (χ0) is 14.0. The van der Waals surface area contributed by atoms with E-state index in [2.05, 4.69) is 16.2 Å². The Labute approximate surface area is 104 Å². The quantitative estimate of drug-likeness (QED) is 0.428. The van der Waals surface area contributed by atoms with E-state index >= 15 is 0 Å². The maximum atomic E-state index is 13.4. The smallest absolute Gasteiger partial charge is 0.406 e. The normalized spacial score (nSPS) is 11.7. The zero-order valence-electron chi connectivity index (χ0n) is 10.2. The number of benzene rings is 1. The van der Waals surface area contributed by atoms with E-state index in [9.17, 15) is 17.6 Å². The van der Waals surface area contributed by atoms with Crippen LogP contribution in [0.4, 0.5) is 17.6 Å². The van der Waals surface area contributed by atoms with Gasteiger partial charge < -0.3 is 4.74 Å². The summed E-state index contributed by atoms with van der Waals surface area (Å²) in [5, 5.41) is 0. The highest BCUT2D eigenvalue weighted by molar-refractivity contribution is 6.83. The molecule has 18 heavy (non-hydrogen) atoms. The molecule has 0 saturated heterocycles. The fraction of sp³-hybridized carbons (Fsp3) is 0.333. The molecule has 0 unspecified atom stereocenters. The fourth-order valence-corrected chi connectivity index (χ4v) is 1.56. The van der Waals surface area contributed by atoms with Gasteiger partial charge in [0.05, 0.1) is 5.56 Å². The molecule has 1 nitrogen and oxygen atoms in total. The van der Waals surface area contributed by atoms with Crippen molar-refractivity contribution >= 4 is 8.07 Å². The second kappa shape index (κ2) is 5.02. The van der Waals surface area contributed by atoms with Crippen LogP contribution in [0.3, 0.4) is 0 Å². The summed E-state index contributed by atoms with van der Waals surface area (Å²) in [5.74, 6) is 1.44. The molecule has 0 bridgehead atoms. The molecule has 6 heteroatoms. The summed E-state index contributed by atoms with van der Waals surface area (Å²) < 4.78 is 53.1. The van der Waals surface area contributed by atoms with Crippen LogP contribution in [0.2, 0.25) is 19.6 Å². The van der Waals surface area contributed by atoms with Gasteiger partial charge in [0.2, 0.25) is 0 Å². The van der Waals surface area contributed by atoms with Crippen molar-refractivity contribution in [3.8, 4) is 17.2 Å². The van der Waals surface area contributed by atoms with Gasteiger partial charge in [-0.05, 0) is 18.2 Å². The Morgan fingerprint density at radius 3 is 2.28 bits per heavy atom. The lowest BCUT2D eigenvalue weighted by Gasteiger charge is -2.09. The van der Waals surface area contributed by atoms with Crippen LogP contribution in [0.15, 0.2) is 18.2 Å². The Hall–Kier alpha value is -1.48. The summed E-state index contributed by atoms with van der Waals surface area (Å²) in [6, 6.07) is 2.79. The van der Waals surface area contributed by atoms with Gasteiger partial charge in [0, 0.05) is 0 Å². The fourth-order valence-electron chi connectivity index (χ4n) is 1.05. The van der Waals surface area contributed by atoms with Gasteiger partial charge in [-0.25, -0.2) is 4.39 Å². The van der Waals surface area contributed by atoms with Gasteiger partial charge in [-0.1, -0.05) is 25.6 Å². The Bertz CT molecular complexity index is 492. The molecular formula is C12H12F4OSi. The molecule has 1 aromatic rings. The molecule has 98 valence electrons. The van der Waals surface area contributed by atoms with E-state index in [1.54, 1.807) is 0 Å². The first-order valence-electron chi connectivity index (χ1n) is 5.15. The van der Waals surface area contributed by atoms with Crippen molar-refractivity contribution < 1.29 is 22.3 Å². The highest BCUT2D eigenvalue weighted by atomic mass is 28.3. The van der Waals surface area contributed by atoms with E-state index in [-0.39, 0.29) is 5.56 Å². The maximum absolute atomic E-state index is 13.4. The molecule has 0 aliphatic rings. The summed E-state index contributed by atoms with van der Waals surface area (Å²) in [7, 11) is -1.72. The first kappa shape index (κ1) is 14.6. The van der Waals surface area contributed by atoms with Gasteiger partial charge >= 0.3 is 6.36 Å². The van der Waals surface area contributed by atoms with Gasteiger partial charge in [-0.2, -0.15) is 0 Å². The molecule has 0 fully saturated rings. The van der Waals surface area contributed by atoms with Gasteiger partial charge in [-0.15, -0.1) is 18.7 Å². The Balaban J connectivity index is 3.05. The zero-order valence-corrected chi connectivity index (χ0v) is 11.2. The van der Waals surface area contributed by atoms with E-state index in [0.717, 1.165) is 18.2 Å². The summed E-state index contributed by atoms with van der Waals surface area (Å²) >= 11 is 0. The van der Waals surface area contributed by atoms with E-state index in [0.29, 0.717) is 0 Å². The average molecular weight is 276 g/mol. The lowest BCUT2D eigenvalue weighted by molar-refractivity contribution is -0.274. The predicted molar refractivity (Wildman–Crippen MR) is 63.3 cm³/mol. The largest absolute Gasteiger partial charge is 0.573 e. The Morgan fingerprint density at radius 1 is 1.17 bits per heavy atom. The molecule has 0 amide bonds. The summed E-state index contributed by atoms with van der Waals surface area (Å²) in [5.41, 5.74) is 2.80. The van der Waals surface area contributed by atoms with E-state index < -0.39 is 26.0 Å². The molecule has 1 aromatic carbocycles. The van der Waals surface area contributed by atoms with Crippen LogP contribution in [0.1, 0.15) is 5.56 Å². The molecule has 0 heterocycles. The molecule has 0 spiro atoms. The van der Waals surface area contributed by atoms with E-state index in [4.69, 9.17) is 0 Å². The lowest BCUT2D eigenvalue weighted by atomic mass is 10.2. The van der Waals surface area contributed by atoms with Crippen LogP contribution in [-0.2, 0) is 0 Å². The second-order valence-electron chi connectivity index (χ2n) is 4.69. The van der Waals surface area contributed by atoms with Crippen molar-refractivity contribution in [1.29, 1.82) is 0 Å². The summed E-state index contributed by atoms with van der Waals surface area (Å²) in [6.45, 7) is 5.86. The molecule has 0 saturated carbocycles. The van der Waals surface area contributed by atoms with Gasteiger partial charge in [0.15, 0.2) is 0 Å². The molecule has 0 aliphatic carbocycles. The van der Waals surface area contributed by atoms with Gasteiger partial charge in [0.25, 0.3) is 0 Å². The van der Waals surface area contributed by atoms with Crippen molar-refractivity contribution in [2.75, 3.05) is 0 Å². The third-order valence-corrected chi connectivity index (χ3v) is 2.62. The summed E-state index contributed by atoms with van der Waals surface area (Å²) in [6.07, 6.45) is -4.79. The van der Waals surface area contributed by atoms with Gasteiger partial charge in [-0.3, -0.25) is 0 Å². The second-order valence-corrected chi connectivity index (χ2v) is 9.44. The first-order chi connectivity index (χ1) is 8.07. The number of hydrogen-bond acceptors (Lipinski definition) is 1. The third-order valence-electron chi connectivity index (χ3n) is 1.74. The number of rotatable bonds is 1. The Morgan fingerprint density at radius 2 is 1.78 bits per heavy atom. The average Bonchev–Trinajstić information content (AvgIpc) is 2.15. The van der Waals surface area contributed by atoms with Crippen LogP contribution in [0.25, 0.3) is 0 Å². The number of halogens is 4. The number of ether oxygens (including phenoxy) is 1. The standard InChI is InChI=1S/C12H12F4OSi/c1-18(2,3)7-6-9-8-10(4-5-11(9)13)17-12(14,15)16/h4-5,8H,1-3H3. The van der Waals surface area contributed by atoms with Crippen LogP contribution in [0.5, 0.6) is 5.75 Å². The first-order valence-corrected chi connectivity index (χ1v) is 8.65. The van der Waals surface area contributed by atoms with Crippen molar-refractivity contribution in [2.24, 2.45) is 0 Å². The highest BCUT2D eigenvalue weighted by Gasteiger charge is 2.31. The minimum absolute atomic E-state index is 0.0841. The topological polar surface area (TPSA) is 9.23 Å². The molecule has 0 aliphatic heterocycles. The van der Waals surface area contributed by atoms with E-state index in [1.165, 1.54) is 0 Å². The maximum Gasteiger partial charge on any atom is 0.573 e. The Kier molecular flexibility index (Phi) is 4.07.